The smallest absolute Gasteiger partial charge is 0.0934 e. The standard InChI is InChI=1S/C15H15BrClNS/c1-9-11(16)4-2-5-12(9)18-13-6-3-7-14-10(13)8-15(17)19-14/h2,4-5,8,13,18H,3,6-7H2,1H3. The first-order valence-corrected chi connectivity index (χ1v) is 8.43. The van der Waals surface area contributed by atoms with Crippen LogP contribution in [0, 0.1) is 6.92 Å². The summed E-state index contributed by atoms with van der Waals surface area (Å²) in [6.07, 6.45) is 3.57. The van der Waals surface area contributed by atoms with Crippen LogP contribution in [0.1, 0.15) is 34.9 Å². The Kier molecular flexibility index (Phi) is 3.88. The van der Waals surface area contributed by atoms with Gasteiger partial charge in [-0.05, 0) is 55.5 Å². The lowest BCUT2D eigenvalue weighted by Crippen LogP contribution is -2.16. The quantitative estimate of drug-likeness (QED) is 0.699. The average molecular weight is 357 g/mol. The van der Waals surface area contributed by atoms with Gasteiger partial charge in [0.05, 0.1) is 10.4 Å². The topological polar surface area (TPSA) is 12.0 Å². The molecule has 4 heteroatoms. The first-order valence-electron chi connectivity index (χ1n) is 6.45. The molecule has 100 valence electrons. The molecular formula is C15H15BrClNS. The Morgan fingerprint density at radius 2 is 2.26 bits per heavy atom. The lowest BCUT2D eigenvalue weighted by Gasteiger charge is -2.25. The van der Waals surface area contributed by atoms with Crippen molar-refractivity contribution in [2.24, 2.45) is 0 Å². The lowest BCUT2D eigenvalue weighted by molar-refractivity contribution is 0.608. The number of aryl methyl sites for hydroxylation is 1. The molecular weight excluding hydrogens is 342 g/mol. The third-order valence-corrected chi connectivity index (χ3v) is 5.88. The first-order chi connectivity index (χ1) is 9.15. The zero-order chi connectivity index (χ0) is 13.4. The van der Waals surface area contributed by atoms with E-state index in [0.717, 1.165) is 8.81 Å². The summed E-state index contributed by atoms with van der Waals surface area (Å²) in [5.74, 6) is 0. The van der Waals surface area contributed by atoms with Gasteiger partial charge in [-0.2, -0.15) is 0 Å². The number of fused-ring (bicyclic) bond motifs is 1. The molecule has 1 unspecified atom stereocenters. The summed E-state index contributed by atoms with van der Waals surface area (Å²) < 4.78 is 2.06. The number of thiophene rings is 1. The van der Waals surface area contributed by atoms with E-state index in [1.54, 1.807) is 11.3 Å². The van der Waals surface area contributed by atoms with E-state index >= 15 is 0 Å². The summed E-state index contributed by atoms with van der Waals surface area (Å²) in [7, 11) is 0. The highest BCUT2D eigenvalue weighted by Crippen LogP contribution is 2.40. The van der Waals surface area contributed by atoms with E-state index in [4.69, 9.17) is 11.6 Å². The Hall–Kier alpha value is -0.510. The normalized spacial score (nSPS) is 18.2. The highest BCUT2D eigenvalue weighted by Gasteiger charge is 2.23. The molecule has 0 spiro atoms. The van der Waals surface area contributed by atoms with Crippen LogP contribution in [-0.4, -0.2) is 0 Å². The molecule has 1 aliphatic rings. The Balaban J connectivity index is 1.90. The molecule has 0 bridgehead atoms. The number of hydrogen-bond acceptors (Lipinski definition) is 2. The average Bonchev–Trinajstić information content (AvgIpc) is 2.76. The van der Waals surface area contributed by atoms with Crippen molar-refractivity contribution in [3.8, 4) is 0 Å². The highest BCUT2D eigenvalue weighted by molar-refractivity contribution is 9.10. The summed E-state index contributed by atoms with van der Waals surface area (Å²) in [5.41, 5.74) is 3.85. The minimum atomic E-state index is 0.389. The summed E-state index contributed by atoms with van der Waals surface area (Å²) in [6.45, 7) is 2.14. The molecule has 1 nitrogen and oxygen atoms in total. The fourth-order valence-electron chi connectivity index (χ4n) is 2.62. The van der Waals surface area contributed by atoms with Gasteiger partial charge in [0.2, 0.25) is 0 Å². The zero-order valence-electron chi connectivity index (χ0n) is 10.7. The predicted octanol–water partition coefficient (Wildman–Crippen LogP) is 5.96. The van der Waals surface area contributed by atoms with Gasteiger partial charge < -0.3 is 5.32 Å². The number of nitrogens with one attached hydrogen (secondary N) is 1. The number of benzene rings is 1. The van der Waals surface area contributed by atoms with Crippen LogP contribution in [0.25, 0.3) is 0 Å². The molecule has 3 rings (SSSR count). The number of hydrogen-bond donors (Lipinski definition) is 1. The molecule has 0 saturated heterocycles. The van der Waals surface area contributed by atoms with Crippen molar-refractivity contribution in [2.45, 2.75) is 32.2 Å². The van der Waals surface area contributed by atoms with Gasteiger partial charge in [0.15, 0.2) is 0 Å². The van der Waals surface area contributed by atoms with Crippen LogP contribution in [0.5, 0.6) is 0 Å². The molecule has 2 aromatic rings. The van der Waals surface area contributed by atoms with Crippen LogP contribution < -0.4 is 5.32 Å². The van der Waals surface area contributed by atoms with E-state index < -0.39 is 0 Å². The van der Waals surface area contributed by atoms with Gasteiger partial charge in [-0.1, -0.05) is 33.6 Å². The summed E-state index contributed by atoms with van der Waals surface area (Å²) in [6, 6.07) is 8.81. The molecule has 1 aromatic heterocycles. The fraction of sp³-hybridized carbons (Fsp3) is 0.333. The SMILES string of the molecule is Cc1c(Br)cccc1NC1CCCc2sc(Cl)cc21. The van der Waals surface area contributed by atoms with Gasteiger partial charge in [-0.15, -0.1) is 11.3 Å². The van der Waals surface area contributed by atoms with Gasteiger partial charge in [0.1, 0.15) is 0 Å². The maximum absolute atomic E-state index is 6.16. The van der Waals surface area contributed by atoms with Crippen molar-refractivity contribution < 1.29 is 0 Å². The number of anilines is 1. The van der Waals surface area contributed by atoms with E-state index in [1.165, 1.54) is 41.0 Å². The van der Waals surface area contributed by atoms with E-state index in [0.29, 0.717) is 6.04 Å². The van der Waals surface area contributed by atoms with E-state index in [2.05, 4.69) is 52.4 Å². The minimum Gasteiger partial charge on any atom is -0.378 e. The van der Waals surface area contributed by atoms with Crippen molar-refractivity contribution in [3.63, 3.8) is 0 Å². The second-order valence-corrected chi connectivity index (χ2v) is 7.55. The summed E-state index contributed by atoms with van der Waals surface area (Å²) in [5, 5.41) is 3.68. The van der Waals surface area contributed by atoms with Crippen LogP contribution in [-0.2, 0) is 6.42 Å². The van der Waals surface area contributed by atoms with Crippen LogP contribution >= 0.6 is 38.9 Å². The maximum atomic E-state index is 6.16. The van der Waals surface area contributed by atoms with Gasteiger partial charge in [0, 0.05) is 15.0 Å². The van der Waals surface area contributed by atoms with Crippen molar-refractivity contribution in [3.05, 3.63) is 49.1 Å². The van der Waals surface area contributed by atoms with Crippen molar-refractivity contribution in [1.82, 2.24) is 0 Å². The zero-order valence-corrected chi connectivity index (χ0v) is 13.8. The summed E-state index contributed by atoms with van der Waals surface area (Å²) in [4.78, 5) is 1.45. The van der Waals surface area contributed by atoms with E-state index in [1.807, 2.05) is 0 Å². The second kappa shape index (κ2) is 5.47. The fourth-order valence-corrected chi connectivity index (χ4v) is 4.37. The third-order valence-electron chi connectivity index (χ3n) is 3.68. The van der Waals surface area contributed by atoms with Gasteiger partial charge in [0.25, 0.3) is 0 Å². The molecule has 0 amide bonds. The summed E-state index contributed by atoms with van der Waals surface area (Å²) >= 11 is 11.5. The Morgan fingerprint density at radius 1 is 1.42 bits per heavy atom. The van der Waals surface area contributed by atoms with Gasteiger partial charge in [-0.25, -0.2) is 0 Å². The first kappa shape index (κ1) is 13.5. The van der Waals surface area contributed by atoms with Crippen LogP contribution in [0.4, 0.5) is 5.69 Å². The second-order valence-electron chi connectivity index (χ2n) is 4.93. The molecule has 1 N–H and O–H groups in total. The maximum Gasteiger partial charge on any atom is 0.0934 e. The highest BCUT2D eigenvalue weighted by atomic mass is 79.9. The molecule has 1 atom stereocenters. The van der Waals surface area contributed by atoms with Crippen molar-refractivity contribution in [2.75, 3.05) is 5.32 Å². The largest absolute Gasteiger partial charge is 0.378 e. The predicted molar refractivity (Wildman–Crippen MR) is 87.5 cm³/mol. The van der Waals surface area contributed by atoms with Gasteiger partial charge in [-0.3, -0.25) is 0 Å². The Bertz CT molecular complexity index is 608. The minimum absolute atomic E-state index is 0.389. The third kappa shape index (κ3) is 2.69. The van der Waals surface area contributed by atoms with Crippen LogP contribution in [0.3, 0.4) is 0 Å². The molecule has 0 aliphatic heterocycles. The lowest BCUT2D eigenvalue weighted by atomic mass is 9.93. The number of rotatable bonds is 2. The van der Waals surface area contributed by atoms with Crippen molar-refractivity contribution in [1.29, 1.82) is 0 Å². The number of halogens is 2. The van der Waals surface area contributed by atoms with Crippen LogP contribution in [0.2, 0.25) is 4.34 Å². The molecule has 0 saturated carbocycles. The molecule has 0 radical (unpaired) electrons. The molecule has 1 heterocycles. The molecule has 1 aliphatic carbocycles. The molecule has 19 heavy (non-hydrogen) atoms. The van der Waals surface area contributed by atoms with E-state index in [9.17, 15) is 0 Å². The Morgan fingerprint density at radius 3 is 3.11 bits per heavy atom. The van der Waals surface area contributed by atoms with Gasteiger partial charge >= 0.3 is 0 Å². The van der Waals surface area contributed by atoms with E-state index in [-0.39, 0.29) is 0 Å². The Labute approximate surface area is 131 Å². The monoisotopic (exact) mass is 355 g/mol. The van der Waals surface area contributed by atoms with Crippen LogP contribution in [0.15, 0.2) is 28.7 Å². The molecule has 0 fully saturated rings. The van der Waals surface area contributed by atoms with Crippen molar-refractivity contribution >= 4 is 44.6 Å². The molecule has 1 aromatic carbocycles.